The topological polar surface area (TPSA) is 64.0 Å². The number of carbonyl (C=O) groups excluding carboxylic acids is 1. The van der Waals surface area contributed by atoms with Crippen molar-refractivity contribution in [1.29, 1.82) is 0 Å². The SMILES string of the molecule is CCc1ccc([C@@H](C)NC(=O)Cn2cnc3sc(C)c(C)c3c2=O)cc1. The van der Waals surface area contributed by atoms with Gasteiger partial charge in [0, 0.05) is 4.88 Å². The highest BCUT2D eigenvalue weighted by Crippen LogP contribution is 2.25. The van der Waals surface area contributed by atoms with Gasteiger partial charge in [-0.15, -0.1) is 11.3 Å². The van der Waals surface area contributed by atoms with Gasteiger partial charge in [-0.25, -0.2) is 4.98 Å². The predicted molar refractivity (Wildman–Crippen MR) is 106 cm³/mol. The van der Waals surface area contributed by atoms with Gasteiger partial charge in [-0.3, -0.25) is 14.2 Å². The molecule has 2 aromatic heterocycles. The number of amides is 1. The molecule has 1 N–H and O–H groups in total. The molecule has 6 heteroatoms. The van der Waals surface area contributed by atoms with Gasteiger partial charge in [0.05, 0.1) is 17.8 Å². The maximum absolute atomic E-state index is 12.7. The van der Waals surface area contributed by atoms with Gasteiger partial charge in [-0.1, -0.05) is 31.2 Å². The van der Waals surface area contributed by atoms with Gasteiger partial charge >= 0.3 is 0 Å². The Hall–Kier alpha value is -2.47. The monoisotopic (exact) mass is 369 g/mol. The van der Waals surface area contributed by atoms with E-state index in [9.17, 15) is 9.59 Å². The van der Waals surface area contributed by atoms with E-state index in [-0.39, 0.29) is 24.1 Å². The molecule has 0 saturated carbocycles. The van der Waals surface area contributed by atoms with Gasteiger partial charge in [0.25, 0.3) is 5.56 Å². The normalized spacial score (nSPS) is 12.3. The summed E-state index contributed by atoms with van der Waals surface area (Å²) in [7, 11) is 0. The number of rotatable bonds is 5. The Bertz CT molecular complexity index is 1000. The van der Waals surface area contributed by atoms with E-state index in [2.05, 4.69) is 29.4 Å². The Morgan fingerprint density at radius 3 is 2.62 bits per heavy atom. The molecule has 136 valence electrons. The highest BCUT2D eigenvalue weighted by Gasteiger charge is 2.15. The number of hydrogen-bond donors (Lipinski definition) is 1. The summed E-state index contributed by atoms with van der Waals surface area (Å²) in [5, 5.41) is 3.57. The van der Waals surface area contributed by atoms with Crippen molar-refractivity contribution in [1.82, 2.24) is 14.9 Å². The van der Waals surface area contributed by atoms with Crippen LogP contribution in [0.4, 0.5) is 0 Å². The van der Waals surface area contributed by atoms with Crippen LogP contribution in [-0.2, 0) is 17.8 Å². The van der Waals surface area contributed by atoms with E-state index < -0.39 is 0 Å². The van der Waals surface area contributed by atoms with Gasteiger partial charge in [0.1, 0.15) is 11.4 Å². The Kier molecular flexibility index (Phi) is 5.23. The Labute approximate surface area is 156 Å². The van der Waals surface area contributed by atoms with E-state index in [4.69, 9.17) is 0 Å². The average Bonchev–Trinajstić information content (AvgIpc) is 2.92. The molecule has 0 spiro atoms. The summed E-state index contributed by atoms with van der Waals surface area (Å²) >= 11 is 1.51. The third-order valence-corrected chi connectivity index (χ3v) is 5.85. The zero-order valence-electron chi connectivity index (χ0n) is 15.5. The van der Waals surface area contributed by atoms with Gasteiger partial charge in [0.15, 0.2) is 0 Å². The molecule has 1 amide bonds. The lowest BCUT2D eigenvalue weighted by Crippen LogP contribution is -2.34. The van der Waals surface area contributed by atoms with Crippen molar-refractivity contribution < 1.29 is 4.79 Å². The van der Waals surface area contributed by atoms with E-state index in [0.717, 1.165) is 27.3 Å². The summed E-state index contributed by atoms with van der Waals surface area (Å²) < 4.78 is 1.38. The number of fused-ring (bicyclic) bond motifs is 1. The molecule has 0 saturated heterocycles. The lowest BCUT2D eigenvalue weighted by molar-refractivity contribution is -0.122. The minimum atomic E-state index is -0.204. The van der Waals surface area contributed by atoms with E-state index >= 15 is 0 Å². The summed E-state index contributed by atoms with van der Waals surface area (Å²) in [6.45, 7) is 7.91. The number of carbonyl (C=O) groups is 1. The van der Waals surface area contributed by atoms with E-state index in [1.165, 1.54) is 27.8 Å². The largest absolute Gasteiger partial charge is 0.348 e. The first kappa shape index (κ1) is 18.3. The van der Waals surface area contributed by atoms with Crippen LogP contribution >= 0.6 is 11.3 Å². The first-order valence-corrected chi connectivity index (χ1v) is 9.55. The van der Waals surface area contributed by atoms with E-state index in [0.29, 0.717) is 5.39 Å². The van der Waals surface area contributed by atoms with Crippen LogP contribution in [0.5, 0.6) is 0 Å². The first-order valence-electron chi connectivity index (χ1n) is 8.74. The van der Waals surface area contributed by atoms with Crippen LogP contribution in [0.25, 0.3) is 10.2 Å². The molecule has 0 radical (unpaired) electrons. The Morgan fingerprint density at radius 1 is 1.27 bits per heavy atom. The molecule has 3 aromatic rings. The molecule has 1 atom stereocenters. The Morgan fingerprint density at radius 2 is 1.96 bits per heavy atom. The molecule has 2 heterocycles. The molecule has 1 aromatic carbocycles. The molecule has 0 unspecified atom stereocenters. The number of thiophene rings is 1. The van der Waals surface area contributed by atoms with E-state index in [1.807, 2.05) is 32.9 Å². The molecular formula is C20H23N3O2S. The van der Waals surface area contributed by atoms with Crippen LogP contribution < -0.4 is 10.9 Å². The molecule has 5 nitrogen and oxygen atoms in total. The molecule has 0 aliphatic heterocycles. The smallest absolute Gasteiger partial charge is 0.262 e. The van der Waals surface area contributed by atoms with Crippen molar-refractivity contribution in [3.63, 3.8) is 0 Å². The number of nitrogens with one attached hydrogen (secondary N) is 1. The summed E-state index contributed by atoms with van der Waals surface area (Å²) in [5.74, 6) is -0.204. The summed E-state index contributed by atoms with van der Waals surface area (Å²) in [6, 6.07) is 8.08. The summed E-state index contributed by atoms with van der Waals surface area (Å²) in [6.07, 6.45) is 2.45. The molecule has 0 bridgehead atoms. The van der Waals surface area contributed by atoms with Gasteiger partial charge < -0.3 is 5.32 Å². The molecule has 0 fully saturated rings. The zero-order valence-corrected chi connectivity index (χ0v) is 16.3. The van der Waals surface area contributed by atoms with E-state index in [1.54, 1.807) is 0 Å². The van der Waals surface area contributed by atoms with Gasteiger partial charge in [0.2, 0.25) is 5.91 Å². The second-order valence-electron chi connectivity index (χ2n) is 6.53. The number of nitrogens with zero attached hydrogens (tertiary/aromatic N) is 2. The third-order valence-electron chi connectivity index (χ3n) is 4.74. The van der Waals surface area contributed by atoms with Crippen LogP contribution in [0.2, 0.25) is 0 Å². The zero-order chi connectivity index (χ0) is 18.8. The maximum Gasteiger partial charge on any atom is 0.262 e. The third kappa shape index (κ3) is 3.55. The van der Waals surface area contributed by atoms with Crippen LogP contribution in [-0.4, -0.2) is 15.5 Å². The number of benzene rings is 1. The first-order chi connectivity index (χ1) is 12.4. The lowest BCUT2D eigenvalue weighted by atomic mass is 10.1. The number of aryl methyl sites for hydroxylation is 3. The number of aromatic nitrogens is 2. The van der Waals surface area contributed by atoms with Crippen molar-refractivity contribution in [2.75, 3.05) is 0 Å². The van der Waals surface area contributed by atoms with Gasteiger partial charge in [-0.05, 0) is 43.9 Å². The van der Waals surface area contributed by atoms with Crippen molar-refractivity contribution in [2.45, 2.75) is 46.7 Å². The summed E-state index contributed by atoms with van der Waals surface area (Å²) in [4.78, 5) is 31.2. The minimum absolute atomic E-state index is 0.0342. The van der Waals surface area contributed by atoms with Crippen LogP contribution in [0.15, 0.2) is 35.4 Å². The summed E-state index contributed by atoms with van der Waals surface area (Å²) in [5.41, 5.74) is 3.09. The molecular weight excluding hydrogens is 346 g/mol. The molecule has 0 aliphatic rings. The standard InChI is InChI=1S/C20H23N3O2S/c1-5-15-6-8-16(9-7-15)13(3)22-17(24)10-23-11-21-19-18(20(23)25)12(2)14(4)26-19/h6-9,11,13H,5,10H2,1-4H3,(H,22,24)/t13-/m1/s1. The number of hydrogen-bond acceptors (Lipinski definition) is 4. The van der Waals surface area contributed by atoms with Crippen LogP contribution in [0.1, 0.15) is 41.5 Å². The fourth-order valence-electron chi connectivity index (χ4n) is 2.95. The van der Waals surface area contributed by atoms with Crippen molar-refractivity contribution in [3.8, 4) is 0 Å². The molecule has 26 heavy (non-hydrogen) atoms. The van der Waals surface area contributed by atoms with Crippen LogP contribution in [0, 0.1) is 13.8 Å². The fourth-order valence-corrected chi connectivity index (χ4v) is 3.94. The quantitative estimate of drug-likeness (QED) is 0.748. The van der Waals surface area contributed by atoms with Crippen molar-refractivity contribution in [2.24, 2.45) is 0 Å². The minimum Gasteiger partial charge on any atom is -0.348 e. The maximum atomic E-state index is 12.7. The van der Waals surface area contributed by atoms with Crippen molar-refractivity contribution in [3.05, 3.63) is 62.5 Å². The van der Waals surface area contributed by atoms with Gasteiger partial charge in [-0.2, -0.15) is 0 Å². The molecule has 0 aliphatic carbocycles. The Balaban J connectivity index is 1.75. The lowest BCUT2D eigenvalue weighted by Gasteiger charge is -2.15. The second kappa shape index (κ2) is 7.41. The average molecular weight is 369 g/mol. The molecule has 3 rings (SSSR count). The highest BCUT2D eigenvalue weighted by molar-refractivity contribution is 7.18. The van der Waals surface area contributed by atoms with Crippen LogP contribution in [0.3, 0.4) is 0 Å². The highest BCUT2D eigenvalue weighted by atomic mass is 32.1. The van der Waals surface area contributed by atoms with Crippen molar-refractivity contribution >= 4 is 27.5 Å². The second-order valence-corrected chi connectivity index (χ2v) is 7.73. The fraction of sp³-hybridized carbons (Fsp3) is 0.350. The predicted octanol–water partition coefficient (Wildman–Crippen LogP) is 3.51.